The van der Waals surface area contributed by atoms with Gasteiger partial charge in [0.25, 0.3) is 0 Å². The van der Waals surface area contributed by atoms with Crippen molar-refractivity contribution in [1.82, 2.24) is 15.3 Å². The molecule has 0 spiro atoms. The zero-order valence-electron chi connectivity index (χ0n) is 12.8. The fourth-order valence-corrected chi connectivity index (χ4v) is 3.11. The summed E-state index contributed by atoms with van der Waals surface area (Å²) in [5.74, 6) is 1.04. The first-order chi connectivity index (χ1) is 10.1. The van der Waals surface area contributed by atoms with Crippen LogP contribution in [-0.2, 0) is 6.54 Å². The topological polar surface area (TPSA) is 37.8 Å². The molecular formula is C16H20BrClN3S-. The number of nitrogens with zero attached hydrogens (tertiary/aromatic N) is 2. The molecule has 1 heterocycles. The Morgan fingerprint density at radius 3 is 2.36 bits per heavy atom. The average Bonchev–Trinajstić information content (AvgIpc) is 2.43. The second-order valence-electron chi connectivity index (χ2n) is 4.94. The van der Waals surface area contributed by atoms with E-state index in [0.717, 1.165) is 46.3 Å². The van der Waals surface area contributed by atoms with Crippen molar-refractivity contribution < 1.29 is 12.4 Å². The zero-order chi connectivity index (χ0) is 15.1. The fraction of sp³-hybridized carbons (Fsp3) is 0.375. The Hall–Kier alpha value is -0.620. The van der Waals surface area contributed by atoms with Gasteiger partial charge in [-0.25, -0.2) is 9.97 Å². The molecule has 0 aliphatic rings. The van der Waals surface area contributed by atoms with E-state index in [1.54, 1.807) is 11.8 Å². The van der Waals surface area contributed by atoms with E-state index in [0.29, 0.717) is 0 Å². The lowest BCUT2D eigenvalue weighted by atomic mass is 10.2. The summed E-state index contributed by atoms with van der Waals surface area (Å²) in [6.45, 7) is 5.95. The highest BCUT2D eigenvalue weighted by molar-refractivity contribution is 9.10. The molecule has 1 aromatic carbocycles. The highest BCUT2D eigenvalue weighted by atomic mass is 79.9. The number of thioether (sulfide) groups is 1. The van der Waals surface area contributed by atoms with Crippen LogP contribution >= 0.6 is 27.7 Å². The third kappa shape index (κ3) is 7.09. The zero-order valence-corrected chi connectivity index (χ0v) is 15.9. The summed E-state index contributed by atoms with van der Waals surface area (Å²) >= 11 is 5.17. The Morgan fingerprint density at radius 1 is 1.09 bits per heavy atom. The first kappa shape index (κ1) is 19.4. The largest absolute Gasteiger partial charge is 1.00 e. The lowest BCUT2D eigenvalue weighted by Gasteiger charge is -2.05. The average molecular weight is 402 g/mol. The standard InChI is InChI=1S/C16H20BrN3S.ClH/c1-12-10-13(2)20-16(19-12)21-9-3-8-18-11-14-4-6-15(17)7-5-14;/h4-7,10,18H,3,8-9,11H2,1-2H3;1H/p-1. The van der Waals surface area contributed by atoms with Crippen molar-refractivity contribution in [2.45, 2.75) is 32.0 Å². The molecule has 0 saturated carbocycles. The minimum Gasteiger partial charge on any atom is -1.00 e. The lowest BCUT2D eigenvalue weighted by Crippen LogP contribution is -3.00. The Bertz CT molecular complexity index is 558. The summed E-state index contributed by atoms with van der Waals surface area (Å²) in [7, 11) is 0. The van der Waals surface area contributed by atoms with Crippen molar-refractivity contribution in [3.05, 3.63) is 51.8 Å². The van der Waals surface area contributed by atoms with Crippen molar-refractivity contribution in [2.24, 2.45) is 0 Å². The molecule has 0 bridgehead atoms. The third-order valence-electron chi connectivity index (χ3n) is 2.93. The summed E-state index contributed by atoms with van der Waals surface area (Å²) < 4.78 is 1.12. The van der Waals surface area contributed by atoms with E-state index in [2.05, 4.69) is 55.5 Å². The van der Waals surface area contributed by atoms with Crippen LogP contribution in [0.4, 0.5) is 0 Å². The minimum atomic E-state index is 0. The highest BCUT2D eigenvalue weighted by Crippen LogP contribution is 2.15. The smallest absolute Gasteiger partial charge is 0.187 e. The van der Waals surface area contributed by atoms with Crippen LogP contribution in [0.15, 0.2) is 40.0 Å². The van der Waals surface area contributed by atoms with Crippen molar-refractivity contribution in [1.29, 1.82) is 0 Å². The van der Waals surface area contributed by atoms with E-state index in [1.165, 1.54) is 5.56 Å². The molecule has 0 atom stereocenters. The van der Waals surface area contributed by atoms with E-state index in [-0.39, 0.29) is 12.4 Å². The first-order valence-electron chi connectivity index (χ1n) is 7.04. The summed E-state index contributed by atoms with van der Waals surface area (Å²) in [6, 6.07) is 10.4. The molecule has 2 rings (SSSR count). The molecule has 22 heavy (non-hydrogen) atoms. The molecule has 0 amide bonds. The van der Waals surface area contributed by atoms with Gasteiger partial charge < -0.3 is 17.7 Å². The Labute approximate surface area is 151 Å². The molecule has 1 aromatic heterocycles. The molecule has 0 saturated heterocycles. The maximum absolute atomic E-state index is 4.43. The molecule has 1 N–H and O–H groups in total. The van der Waals surface area contributed by atoms with Gasteiger partial charge in [-0.2, -0.15) is 0 Å². The highest BCUT2D eigenvalue weighted by Gasteiger charge is 2.00. The van der Waals surface area contributed by atoms with Gasteiger partial charge in [-0.3, -0.25) is 0 Å². The van der Waals surface area contributed by atoms with E-state index < -0.39 is 0 Å². The molecular weight excluding hydrogens is 382 g/mol. The maximum Gasteiger partial charge on any atom is 0.187 e. The van der Waals surface area contributed by atoms with Crippen LogP contribution in [0, 0.1) is 13.8 Å². The number of benzene rings is 1. The molecule has 120 valence electrons. The van der Waals surface area contributed by atoms with Gasteiger partial charge in [0.15, 0.2) is 5.16 Å². The fourth-order valence-electron chi connectivity index (χ4n) is 1.95. The lowest BCUT2D eigenvalue weighted by molar-refractivity contribution is -0.00000451. The molecule has 2 aromatic rings. The quantitative estimate of drug-likeness (QED) is 0.429. The van der Waals surface area contributed by atoms with Gasteiger partial charge in [0.05, 0.1) is 0 Å². The van der Waals surface area contributed by atoms with Gasteiger partial charge in [0, 0.05) is 28.2 Å². The van der Waals surface area contributed by atoms with Crippen LogP contribution in [0.3, 0.4) is 0 Å². The van der Waals surface area contributed by atoms with E-state index in [9.17, 15) is 0 Å². The number of hydrogen-bond acceptors (Lipinski definition) is 4. The summed E-state index contributed by atoms with van der Waals surface area (Å²) in [6.07, 6.45) is 1.11. The van der Waals surface area contributed by atoms with Crippen molar-refractivity contribution >= 4 is 27.7 Å². The molecule has 0 radical (unpaired) electrons. The minimum absolute atomic E-state index is 0. The summed E-state index contributed by atoms with van der Waals surface area (Å²) in [5.41, 5.74) is 3.39. The Kier molecular flexibility index (Phi) is 9.02. The van der Waals surface area contributed by atoms with Gasteiger partial charge in [-0.1, -0.05) is 39.8 Å². The number of halogens is 2. The number of nitrogens with one attached hydrogen (secondary N) is 1. The van der Waals surface area contributed by atoms with Gasteiger partial charge in [0.1, 0.15) is 0 Å². The van der Waals surface area contributed by atoms with E-state index >= 15 is 0 Å². The van der Waals surface area contributed by atoms with Crippen molar-refractivity contribution in [2.75, 3.05) is 12.3 Å². The molecule has 0 aliphatic carbocycles. The van der Waals surface area contributed by atoms with Crippen LogP contribution in [0.25, 0.3) is 0 Å². The van der Waals surface area contributed by atoms with Crippen LogP contribution < -0.4 is 17.7 Å². The van der Waals surface area contributed by atoms with E-state index in [4.69, 9.17) is 0 Å². The number of rotatable bonds is 7. The van der Waals surface area contributed by atoms with Crippen molar-refractivity contribution in [3.63, 3.8) is 0 Å². The summed E-state index contributed by atoms with van der Waals surface area (Å²) in [5, 5.41) is 4.35. The van der Waals surface area contributed by atoms with Crippen molar-refractivity contribution in [3.8, 4) is 0 Å². The third-order valence-corrected chi connectivity index (χ3v) is 4.40. The molecule has 0 aliphatic heterocycles. The number of aromatic nitrogens is 2. The van der Waals surface area contributed by atoms with Crippen LogP contribution in [0.2, 0.25) is 0 Å². The Morgan fingerprint density at radius 2 is 1.73 bits per heavy atom. The second kappa shape index (κ2) is 10.2. The van der Waals surface area contributed by atoms with Gasteiger partial charge >= 0.3 is 0 Å². The SMILES string of the molecule is Cc1cc(C)nc(SCCCNCc2ccc(Br)cc2)n1.[Cl-]. The monoisotopic (exact) mass is 400 g/mol. The van der Waals surface area contributed by atoms with Gasteiger partial charge in [-0.15, -0.1) is 0 Å². The first-order valence-corrected chi connectivity index (χ1v) is 8.81. The predicted octanol–water partition coefficient (Wildman–Crippen LogP) is 1.13. The molecule has 0 fully saturated rings. The van der Waals surface area contributed by atoms with Crippen LogP contribution in [0.5, 0.6) is 0 Å². The second-order valence-corrected chi connectivity index (χ2v) is 6.92. The molecule has 0 unspecified atom stereocenters. The number of hydrogen-bond donors (Lipinski definition) is 1. The molecule has 3 nitrogen and oxygen atoms in total. The Balaban J connectivity index is 0.00000242. The predicted molar refractivity (Wildman–Crippen MR) is 92.7 cm³/mol. The van der Waals surface area contributed by atoms with Gasteiger partial charge in [-0.05, 0) is 50.6 Å². The molecule has 6 heteroatoms. The maximum atomic E-state index is 4.43. The van der Waals surface area contributed by atoms with E-state index in [1.807, 2.05) is 19.9 Å². The summed E-state index contributed by atoms with van der Waals surface area (Å²) in [4.78, 5) is 8.87. The number of aryl methyl sites for hydroxylation is 2. The normalized spacial score (nSPS) is 10.3. The van der Waals surface area contributed by atoms with Gasteiger partial charge in [0.2, 0.25) is 0 Å². The van der Waals surface area contributed by atoms with Crippen LogP contribution in [0.1, 0.15) is 23.4 Å². The van der Waals surface area contributed by atoms with Crippen LogP contribution in [-0.4, -0.2) is 22.3 Å².